The van der Waals surface area contributed by atoms with Gasteiger partial charge in [-0.2, -0.15) is 0 Å². The van der Waals surface area contributed by atoms with Crippen LogP contribution in [0.4, 0.5) is 0 Å². The van der Waals surface area contributed by atoms with Crippen LogP contribution >= 0.6 is 0 Å². The van der Waals surface area contributed by atoms with Gasteiger partial charge in [-0.3, -0.25) is 4.79 Å². The molecule has 0 bridgehead atoms. The zero-order chi connectivity index (χ0) is 17.0. The van der Waals surface area contributed by atoms with E-state index in [-0.39, 0.29) is 11.7 Å². The summed E-state index contributed by atoms with van der Waals surface area (Å²) in [5.74, 6) is -0.606. The lowest BCUT2D eigenvalue weighted by atomic mass is 9.73. The van der Waals surface area contributed by atoms with Crippen LogP contribution in [0.5, 0.6) is 0 Å². The highest BCUT2D eigenvalue weighted by molar-refractivity contribution is 5.97. The Morgan fingerprint density at radius 1 is 1.43 bits per heavy atom. The van der Waals surface area contributed by atoms with Crippen molar-refractivity contribution in [2.75, 3.05) is 0 Å². The number of rotatable bonds is 5. The van der Waals surface area contributed by atoms with Crippen LogP contribution in [0.1, 0.15) is 46.5 Å². The highest BCUT2D eigenvalue weighted by atomic mass is 16.4. The van der Waals surface area contributed by atoms with Gasteiger partial charge in [0.2, 0.25) is 0 Å². The molecule has 0 spiro atoms. The maximum absolute atomic E-state index is 11.9. The molecule has 124 valence electrons. The van der Waals surface area contributed by atoms with Crippen molar-refractivity contribution >= 4 is 11.8 Å². The lowest BCUT2D eigenvalue weighted by Gasteiger charge is -2.36. The Morgan fingerprint density at radius 2 is 2.09 bits per heavy atom. The van der Waals surface area contributed by atoms with E-state index in [0.29, 0.717) is 29.9 Å². The number of aliphatic hydroxyl groups is 1. The normalized spacial score (nSPS) is 37.3. The molecule has 0 saturated heterocycles. The summed E-state index contributed by atoms with van der Waals surface area (Å²) in [5, 5.41) is 20.6. The first-order valence-electron chi connectivity index (χ1n) is 8.35. The van der Waals surface area contributed by atoms with E-state index in [2.05, 4.69) is 0 Å². The van der Waals surface area contributed by atoms with E-state index < -0.39 is 17.0 Å². The second-order valence-corrected chi connectivity index (χ2v) is 7.37. The Kier molecular flexibility index (Phi) is 3.64. The number of ketones is 1. The van der Waals surface area contributed by atoms with Crippen molar-refractivity contribution in [1.29, 1.82) is 0 Å². The molecule has 2 saturated carbocycles. The van der Waals surface area contributed by atoms with E-state index in [9.17, 15) is 19.8 Å². The van der Waals surface area contributed by atoms with Crippen molar-refractivity contribution in [2.45, 2.75) is 52.1 Å². The fourth-order valence-electron chi connectivity index (χ4n) is 3.96. The van der Waals surface area contributed by atoms with Crippen LogP contribution in [-0.4, -0.2) is 27.6 Å². The molecule has 3 aliphatic carbocycles. The Hall–Kier alpha value is -1.68. The minimum Gasteiger partial charge on any atom is -0.478 e. The molecule has 0 aromatic heterocycles. The summed E-state index contributed by atoms with van der Waals surface area (Å²) in [6.07, 6.45) is 8.24. The number of fused-ring (bicyclic) bond motifs is 1. The molecule has 0 radical (unpaired) electrons. The minimum absolute atomic E-state index is 0.0980. The van der Waals surface area contributed by atoms with Crippen molar-refractivity contribution in [1.82, 2.24) is 0 Å². The van der Waals surface area contributed by atoms with Crippen LogP contribution < -0.4 is 0 Å². The molecule has 0 amide bonds. The number of hydrogen-bond acceptors (Lipinski definition) is 3. The lowest BCUT2D eigenvalue weighted by molar-refractivity contribution is -0.132. The van der Waals surface area contributed by atoms with Crippen molar-refractivity contribution in [3.8, 4) is 0 Å². The fraction of sp³-hybridized carbons (Fsp3) is 0.579. The van der Waals surface area contributed by atoms with Crippen molar-refractivity contribution in [3.63, 3.8) is 0 Å². The van der Waals surface area contributed by atoms with Crippen molar-refractivity contribution < 1.29 is 19.8 Å². The van der Waals surface area contributed by atoms with Gasteiger partial charge in [-0.05, 0) is 61.8 Å². The number of allylic oxidation sites excluding steroid dienone is 3. The van der Waals surface area contributed by atoms with Gasteiger partial charge in [0.1, 0.15) is 5.60 Å². The van der Waals surface area contributed by atoms with Gasteiger partial charge in [-0.15, -0.1) is 0 Å². The standard InChI is InChI=1S/C19H24O4/c1-4-13(17(21)22)14(12-5-6-12)7-8-19(23)11(2)9-16(20)15-10-18(15,19)3/h7-9,12,15,23H,4-6,10H2,1-3H3,(H,21,22). The minimum atomic E-state index is -1.16. The number of carboxylic acids is 1. The molecule has 3 unspecified atom stereocenters. The summed E-state index contributed by atoms with van der Waals surface area (Å²) in [6.45, 7) is 5.56. The topological polar surface area (TPSA) is 74.6 Å². The number of hydrogen-bond donors (Lipinski definition) is 2. The van der Waals surface area contributed by atoms with Gasteiger partial charge in [0.15, 0.2) is 5.78 Å². The molecule has 4 heteroatoms. The molecule has 2 fully saturated rings. The summed E-state index contributed by atoms with van der Waals surface area (Å²) in [4.78, 5) is 23.4. The smallest absolute Gasteiger partial charge is 0.331 e. The van der Waals surface area contributed by atoms with E-state index in [1.54, 1.807) is 25.2 Å². The molecule has 4 nitrogen and oxygen atoms in total. The average molecular weight is 316 g/mol. The molecule has 3 rings (SSSR count). The Bertz CT molecular complexity index is 665. The molecule has 23 heavy (non-hydrogen) atoms. The van der Waals surface area contributed by atoms with Gasteiger partial charge in [-0.25, -0.2) is 4.79 Å². The molecule has 3 atom stereocenters. The quantitative estimate of drug-likeness (QED) is 0.604. The fourth-order valence-corrected chi connectivity index (χ4v) is 3.96. The molecule has 2 N–H and O–H groups in total. The van der Waals surface area contributed by atoms with Crippen LogP contribution in [-0.2, 0) is 9.59 Å². The second kappa shape index (κ2) is 5.17. The van der Waals surface area contributed by atoms with E-state index in [4.69, 9.17) is 0 Å². The van der Waals surface area contributed by atoms with Crippen LogP contribution in [0, 0.1) is 17.3 Å². The van der Waals surface area contributed by atoms with E-state index in [1.165, 1.54) is 0 Å². The first-order valence-corrected chi connectivity index (χ1v) is 8.35. The van der Waals surface area contributed by atoms with Gasteiger partial charge < -0.3 is 10.2 Å². The molecule has 0 aromatic rings. The molecular weight excluding hydrogens is 292 g/mol. The zero-order valence-electron chi connectivity index (χ0n) is 13.9. The summed E-state index contributed by atoms with van der Waals surface area (Å²) in [6, 6.07) is 0. The Morgan fingerprint density at radius 3 is 2.61 bits per heavy atom. The summed E-state index contributed by atoms with van der Waals surface area (Å²) < 4.78 is 0. The van der Waals surface area contributed by atoms with Crippen LogP contribution in [0.3, 0.4) is 0 Å². The monoisotopic (exact) mass is 316 g/mol. The number of carbonyl (C=O) groups is 2. The van der Waals surface area contributed by atoms with Crippen molar-refractivity contribution in [3.05, 3.63) is 34.9 Å². The summed E-state index contributed by atoms with van der Waals surface area (Å²) >= 11 is 0. The van der Waals surface area contributed by atoms with Gasteiger partial charge in [0.25, 0.3) is 0 Å². The highest BCUT2D eigenvalue weighted by Crippen LogP contribution is 2.64. The zero-order valence-corrected chi connectivity index (χ0v) is 13.9. The maximum atomic E-state index is 11.9. The Balaban J connectivity index is 1.99. The maximum Gasteiger partial charge on any atom is 0.331 e. The van der Waals surface area contributed by atoms with Crippen LogP contribution in [0.25, 0.3) is 0 Å². The number of aliphatic carboxylic acids is 1. The van der Waals surface area contributed by atoms with E-state index in [0.717, 1.165) is 18.4 Å². The Labute approximate surface area is 136 Å². The predicted octanol–water partition coefficient (Wildman–Crippen LogP) is 3.03. The van der Waals surface area contributed by atoms with Gasteiger partial charge in [0.05, 0.1) is 0 Å². The molecule has 0 aliphatic heterocycles. The van der Waals surface area contributed by atoms with Gasteiger partial charge >= 0.3 is 5.97 Å². The second-order valence-electron chi connectivity index (χ2n) is 7.37. The third-order valence-corrected chi connectivity index (χ3v) is 5.89. The predicted molar refractivity (Wildman–Crippen MR) is 86.7 cm³/mol. The van der Waals surface area contributed by atoms with Crippen molar-refractivity contribution in [2.24, 2.45) is 17.3 Å². The largest absolute Gasteiger partial charge is 0.478 e. The molecule has 3 aliphatic rings. The summed E-state index contributed by atoms with van der Waals surface area (Å²) in [7, 11) is 0. The molecule has 0 aromatic carbocycles. The van der Waals surface area contributed by atoms with E-state index >= 15 is 0 Å². The molecular formula is C19H24O4. The first kappa shape index (κ1) is 16.2. The molecule has 0 heterocycles. The van der Waals surface area contributed by atoms with E-state index in [1.807, 2.05) is 13.8 Å². The van der Waals surface area contributed by atoms with Gasteiger partial charge in [-0.1, -0.05) is 19.9 Å². The van der Waals surface area contributed by atoms with Crippen LogP contribution in [0.15, 0.2) is 34.9 Å². The van der Waals surface area contributed by atoms with Crippen LogP contribution in [0.2, 0.25) is 0 Å². The van der Waals surface area contributed by atoms with Gasteiger partial charge in [0, 0.05) is 16.9 Å². The number of carbonyl (C=O) groups excluding carboxylic acids is 1. The average Bonchev–Trinajstić information content (AvgIpc) is 3.36. The third-order valence-electron chi connectivity index (χ3n) is 5.89. The SMILES string of the molecule is CCC(C(=O)O)=C(C=CC1(O)C(C)=CC(=O)C2CC21C)C1CC1. The lowest BCUT2D eigenvalue weighted by Crippen LogP contribution is -2.42. The first-order chi connectivity index (χ1) is 10.7. The third kappa shape index (κ3) is 2.40. The number of carboxylic acid groups (broad SMARTS) is 1. The highest BCUT2D eigenvalue weighted by Gasteiger charge is 2.67. The summed E-state index contributed by atoms with van der Waals surface area (Å²) in [5.41, 5.74) is 0.294.